The number of rotatable bonds is 3. The number of hydroxylamine groups is 2. The zero-order valence-electron chi connectivity index (χ0n) is 10.1. The Morgan fingerprint density at radius 1 is 1.11 bits per heavy atom. The molecule has 1 aromatic rings. The van der Waals surface area contributed by atoms with Crippen LogP contribution in [-0.4, -0.2) is 30.1 Å². The lowest BCUT2D eigenvalue weighted by Crippen LogP contribution is -2.33. The van der Waals surface area contributed by atoms with Gasteiger partial charge in [0.15, 0.2) is 11.5 Å². The number of para-hydroxylation sites is 2. The lowest BCUT2D eigenvalue weighted by molar-refractivity contribution is -0.174. The molecule has 7 nitrogen and oxygen atoms in total. The van der Waals surface area contributed by atoms with Gasteiger partial charge in [-0.1, -0.05) is 17.2 Å². The highest BCUT2D eigenvalue weighted by atomic mass is 16.8. The number of nitrogens with zero attached hydrogens (tertiary/aromatic N) is 1. The van der Waals surface area contributed by atoms with Crippen molar-refractivity contribution < 1.29 is 28.7 Å². The van der Waals surface area contributed by atoms with E-state index >= 15 is 0 Å². The topological polar surface area (TPSA) is 82.1 Å². The van der Waals surface area contributed by atoms with E-state index in [9.17, 15) is 14.4 Å². The van der Waals surface area contributed by atoms with Crippen LogP contribution in [-0.2, 0) is 14.4 Å². The van der Waals surface area contributed by atoms with Crippen LogP contribution in [0.4, 0.5) is 4.79 Å². The van der Waals surface area contributed by atoms with Gasteiger partial charge in [0.05, 0.1) is 7.11 Å². The number of imide groups is 1. The number of ether oxygens (including phenoxy) is 2. The van der Waals surface area contributed by atoms with Crippen LogP contribution in [0.1, 0.15) is 12.8 Å². The SMILES string of the molecule is COc1ccccc1OC(=O)ON1C(=O)CCC1=O. The van der Waals surface area contributed by atoms with Gasteiger partial charge < -0.3 is 9.47 Å². The summed E-state index contributed by atoms with van der Waals surface area (Å²) in [5.41, 5.74) is 0. The van der Waals surface area contributed by atoms with Crippen LogP contribution in [0.5, 0.6) is 11.5 Å². The van der Waals surface area contributed by atoms with Crippen molar-refractivity contribution in [2.45, 2.75) is 12.8 Å². The lowest BCUT2D eigenvalue weighted by Gasteiger charge is -2.13. The van der Waals surface area contributed by atoms with Crippen molar-refractivity contribution in [3.63, 3.8) is 0 Å². The first-order valence-corrected chi connectivity index (χ1v) is 5.50. The van der Waals surface area contributed by atoms with Crippen molar-refractivity contribution in [3.8, 4) is 11.5 Å². The Kier molecular flexibility index (Phi) is 3.65. The minimum Gasteiger partial charge on any atom is -0.493 e. The highest BCUT2D eigenvalue weighted by Crippen LogP contribution is 2.26. The molecule has 7 heteroatoms. The minimum absolute atomic E-state index is 0.0285. The van der Waals surface area contributed by atoms with Gasteiger partial charge in [-0.25, -0.2) is 4.79 Å². The number of amides is 2. The van der Waals surface area contributed by atoms with Crippen LogP contribution >= 0.6 is 0 Å². The summed E-state index contributed by atoms with van der Waals surface area (Å²) in [5.74, 6) is -0.670. The third-order valence-electron chi connectivity index (χ3n) is 2.43. The molecule has 1 aliphatic rings. The van der Waals surface area contributed by atoms with Gasteiger partial charge >= 0.3 is 6.16 Å². The van der Waals surface area contributed by atoms with E-state index in [2.05, 4.69) is 4.84 Å². The first-order chi connectivity index (χ1) is 9.11. The average molecular weight is 265 g/mol. The van der Waals surface area contributed by atoms with E-state index in [-0.39, 0.29) is 18.6 Å². The van der Waals surface area contributed by atoms with E-state index in [4.69, 9.17) is 9.47 Å². The van der Waals surface area contributed by atoms with E-state index in [1.54, 1.807) is 18.2 Å². The molecule has 0 N–H and O–H groups in total. The summed E-state index contributed by atoms with van der Waals surface area (Å²) in [7, 11) is 1.42. The first kappa shape index (κ1) is 12.9. The fourth-order valence-electron chi connectivity index (χ4n) is 1.54. The highest BCUT2D eigenvalue weighted by molar-refractivity contribution is 6.01. The van der Waals surface area contributed by atoms with Gasteiger partial charge in [-0.2, -0.15) is 0 Å². The molecule has 1 saturated heterocycles. The van der Waals surface area contributed by atoms with Crippen LogP contribution in [0.2, 0.25) is 0 Å². The van der Waals surface area contributed by atoms with Crippen molar-refractivity contribution in [2.24, 2.45) is 0 Å². The monoisotopic (exact) mass is 265 g/mol. The van der Waals surface area contributed by atoms with E-state index < -0.39 is 18.0 Å². The lowest BCUT2D eigenvalue weighted by atomic mass is 10.3. The van der Waals surface area contributed by atoms with Crippen LogP contribution in [0.25, 0.3) is 0 Å². The smallest absolute Gasteiger partial charge is 0.493 e. The second-order valence-electron chi connectivity index (χ2n) is 3.68. The quantitative estimate of drug-likeness (QED) is 0.465. The van der Waals surface area contributed by atoms with Gasteiger partial charge in [-0.05, 0) is 12.1 Å². The van der Waals surface area contributed by atoms with Crippen molar-refractivity contribution in [1.29, 1.82) is 0 Å². The molecule has 1 aromatic carbocycles. The van der Waals surface area contributed by atoms with Gasteiger partial charge in [0.2, 0.25) is 0 Å². The maximum atomic E-state index is 11.5. The molecule has 0 aromatic heterocycles. The van der Waals surface area contributed by atoms with Crippen molar-refractivity contribution in [2.75, 3.05) is 7.11 Å². The maximum Gasteiger partial charge on any atom is 0.539 e. The van der Waals surface area contributed by atoms with Gasteiger partial charge in [0.1, 0.15) is 0 Å². The predicted octanol–water partition coefficient (Wildman–Crippen LogP) is 1.27. The molecule has 0 unspecified atom stereocenters. The number of hydrogen-bond donors (Lipinski definition) is 0. The number of benzene rings is 1. The molecule has 100 valence electrons. The summed E-state index contributed by atoms with van der Waals surface area (Å²) in [6, 6.07) is 6.42. The molecule has 2 rings (SSSR count). The maximum absolute atomic E-state index is 11.5. The molecular formula is C12H11NO6. The molecule has 19 heavy (non-hydrogen) atoms. The summed E-state index contributed by atoms with van der Waals surface area (Å²) in [5, 5.41) is 0.414. The molecule has 2 amide bonds. The molecule has 1 fully saturated rings. The summed E-state index contributed by atoms with van der Waals surface area (Å²) in [6.07, 6.45) is -1.12. The molecule has 0 aliphatic carbocycles. The number of carbonyl (C=O) groups excluding carboxylic acids is 3. The molecule has 1 aliphatic heterocycles. The molecule has 0 atom stereocenters. The van der Waals surface area contributed by atoms with Crippen molar-refractivity contribution in [1.82, 2.24) is 5.06 Å². The number of methoxy groups -OCH3 is 1. The molecule has 0 spiro atoms. The molecule has 1 heterocycles. The molecule has 0 bridgehead atoms. The van der Waals surface area contributed by atoms with Crippen molar-refractivity contribution in [3.05, 3.63) is 24.3 Å². The Bertz CT molecular complexity index is 511. The normalized spacial score (nSPS) is 14.5. The van der Waals surface area contributed by atoms with E-state index in [1.165, 1.54) is 13.2 Å². The Morgan fingerprint density at radius 2 is 1.68 bits per heavy atom. The first-order valence-electron chi connectivity index (χ1n) is 5.50. The third-order valence-corrected chi connectivity index (χ3v) is 2.43. The van der Waals surface area contributed by atoms with Gasteiger partial charge in [0.25, 0.3) is 11.8 Å². The largest absolute Gasteiger partial charge is 0.539 e. The average Bonchev–Trinajstić information content (AvgIpc) is 2.71. The van der Waals surface area contributed by atoms with Gasteiger partial charge in [-0.3, -0.25) is 14.4 Å². The fourth-order valence-corrected chi connectivity index (χ4v) is 1.54. The summed E-state index contributed by atoms with van der Waals surface area (Å²) < 4.78 is 9.84. The van der Waals surface area contributed by atoms with Crippen LogP contribution in [0.3, 0.4) is 0 Å². The molecule has 0 radical (unpaired) electrons. The Hall–Kier alpha value is -2.57. The van der Waals surface area contributed by atoms with E-state index in [1.807, 2.05) is 0 Å². The summed E-state index contributed by atoms with van der Waals surface area (Å²) in [4.78, 5) is 38.5. The zero-order valence-corrected chi connectivity index (χ0v) is 10.1. The summed E-state index contributed by atoms with van der Waals surface area (Å²) >= 11 is 0. The predicted molar refractivity (Wildman–Crippen MR) is 61.2 cm³/mol. The van der Waals surface area contributed by atoms with Crippen LogP contribution in [0.15, 0.2) is 24.3 Å². The van der Waals surface area contributed by atoms with Gasteiger partial charge in [0, 0.05) is 12.8 Å². The molecular weight excluding hydrogens is 254 g/mol. The highest BCUT2D eigenvalue weighted by Gasteiger charge is 2.33. The van der Waals surface area contributed by atoms with Crippen LogP contribution in [0, 0.1) is 0 Å². The zero-order chi connectivity index (χ0) is 13.8. The van der Waals surface area contributed by atoms with Crippen molar-refractivity contribution >= 4 is 18.0 Å². The Labute approximate surface area is 108 Å². The fraction of sp³-hybridized carbons (Fsp3) is 0.250. The number of carbonyl (C=O) groups is 3. The standard InChI is InChI=1S/C12H11NO6/c1-17-8-4-2-3-5-9(8)18-12(16)19-13-10(14)6-7-11(13)15/h2-5H,6-7H2,1H3. The third kappa shape index (κ3) is 2.82. The Balaban J connectivity index is 2.01. The van der Waals surface area contributed by atoms with E-state index in [0.717, 1.165) is 0 Å². The number of hydrogen-bond acceptors (Lipinski definition) is 6. The second-order valence-corrected chi connectivity index (χ2v) is 3.68. The Morgan fingerprint density at radius 3 is 2.26 bits per heavy atom. The minimum atomic E-state index is -1.17. The van der Waals surface area contributed by atoms with Gasteiger partial charge in [-0.15, -0.1) is 0 Å². The van der Waals surface area contributed by atoms with E-state index in [0.29, 0.717) is 10.8 Å². The van der Waals surface area contributed by atoms with Crippen LogP contribution < -0.4 is 9.47 Å². The second kappa shape index (κ2) is 5.38. The molecule has 0 saturated carbocycles. The summed E-state index contributed by atoms with van der Waals surface area (Å²) in [6.45, 7) is 0.